The van der Waals surface area contributed by atoms with Crippen LogP contribution in [0.3, 0.4) is 0 Å². The quantitative estimate of drug-likeness (QED) is 0.646. The number of amides is 1. The third-order valence-corrected chi connectivity index (χ3v) is 3.60. The van der Waals surface area contributed by atoms with E-state index in [9.17, 15) is 4.79 Å². The van der Waals surface area contributed by atoms with Crippen LogP contribution in [0.2, 0.25) is 5.02 Å². The van der Waals surface area contributed by atoms with E-state index in [0.29, 0.717) is 10.7 Å². The van der Waals surface area contributed by atoms with Crippen molar-refractivity contribution in [1.29, 1.82) is 5.26 Å². The minimum absolute atomic E-state index is 0.0248. The van der Waals surface area contributed by atoms with Crippen LogP contribution in [-0.4, -0.2) is 5.91 Å². The summed E-state index contributed by atoms with van der Waals surface area (Å²) in [5, 5.41) is 15.3. The summed E-state index contributed by atoms with van der Waals surface area (Å²) in [6, 6.07) is 14.7. The molecule has 0 aliphatic carbocycles. The van der Waals surface area contributed by atoms with Gasteiger partial charge in [0.25, 0.3) is 5.91 Å². The molecule has 0 aliphatic heterocycles. The van der Waals surface area contributed by atoms with E-state index >= 15 is 0 Å². The molecule has 4 nitrogen and oxygen atoms in total. The first-order chi connectivity index (χ1) is 11.0. The zero-order valence-electron chi connectivity index (χ0n) is 12.9. The molecule has 2 aromatic rings. The second-order valence-electron chi connectivity index (χ2n) is 5.10. The summed E-state index contributed by atoms with van der Waals surface area (Å²) < 4.78 is 0. The number of hydrogen-bond acceptors (Lipinski definition) is 3. The fraction of sp³-hybridized carbons (Fsp3) is 0.111. The highest BCUT2D eigenvalue weighted by atomic mass is 35.5. The maximum Gasteiger partial charge on any atom is 0.267 e. The maximum absolute atomic E-state index is 12.1. The lowest BCUT2D eigenvalue weighted by Crippen LogP contribution is -2.14. The smallest absolute Gasteiger partial charge is 0.267 e. The summed E-state index contributed by atoms with van der Waals surface area (Å²) in [6.45, 7) is 3.84. The van der Waals surface area contributed by atoms with Gasteiger partial charge in [-0.2, -0.15) is 5.26 Å². The predicted molar refractivity (Wildman–Crippen MR) is 93.3 cm³/mol. The topological polar surface area (TPSA) is 64.9 Å². The third-order valence-electron chi connectivity index (χ3n) is 3.20. The number of carbonyl (C=O) groups is 1. The lowest BCUT2D eigenvalue weighted by Gasteiger charge is -2.07. The molecular formula is C18H16ClN3O. The van der Waals surface area contributed by atoms with Crippen molar-refractivity contribution in [2.75, 3.05) is 10.6 Å². The Bertz CT molecular complexity index is 806. The summed E-state index contributed by atoms with van der Waals surface area (Å²) in [5.74, 6) is -0.493. The minimum atomic E-state index is -0.493. The number of carbonyl (C=O) groups excluding carboxylic acids is 1. The van der Waals surface area contributed by atoms with Gasteiger partial charge >= 0.3 is 0 Å². The molecule has 0 fully saturated rings. The van der Waals surface area contributed by atoms with Crippen LogP contribution in [0.5, 0.6) is 0 Å². The van der Waals surface area contributed by atoms with E-state index in [-0.39, 0.29) is 5.57 Å². The second kappa shape index (κ2) is 7.48. The van der Waals surface area contributed by atoms with Crippen molar-refractivity contribution in [1.82, 2.24) is 0 Å². The normalized spacial score (nSPS) is 10.8. The number of aryl methyl sites for hydroxylation is 2. The molecule has 116 valence electrons. The van der Waals surface area contributed by atoms with Gasteiger partial charge < -0.3 is 10.6 Å². The van der Waals surface area contributed by atoms with Gasteiger partial charge in [-0.05, 0) is 49.2 Å². The Morgan fingerprint density at radius 2 is 1.96 bits per heavy atom. The zero-order chi connectivity index (χ0) is 16.8. The zero-order valence-corrected chi connectivity index (χ0v) is 13.6. The molecule has 0 radical (unpaired) electrons. The monoisotopic (exact) mass is 325 g/mol. The van der Waals surface area contributed by atoms with Crippen LogP contribution in [0, 0.1) is 25.2 Å². The average Bonchev–Trinajstić information content (AvgIpc) is 2.51. The highest BCUT2D eigenvalue weighted by Crippen LogP contribution is 2.20. The van der Waals surface area contributed by atoms with Gasteiger partial charge in [0, 0.05) is 22.6 Å². The van der Waals surface area contributed by atoms with E-state index in [1.807, 2.05) is 44.2 Å². The summed E-state index contributed by atoms with van der Waals surface area (Å²) in [6.07, 6.45) is 1.39. The van der Waals surface area contributed by atoms with Crippen LogP contribution < -0.4 is 10.6 Å². The Labute approximate surface area is 140 Å². The van der Waals surface area contributed by atoms with E-state index in [2.05, 4.69) is 10.6 Å². The van der Waals surface area contributed by atoms with Crippen molar-refractivity contribution in [2.45, 2.75) is 13.8 Å². The van der Waals surface area contributed by atoms with E-state index < -0.39 is 5.91 Å². The Morgan fingerprint density at radius 1 is 1.17 bits per heavy atom. The average molecular weight is 326 g/mol. The minimum Gasteiger partial charge on any atom is -0.360 e. The molecule has 0 aromatic heterocycles. The number of nitrogens with zero attached hydrogens (tertiary/aromatic N) is 1. The standard InChI is InChI=1S/C18H16ClN3O/c1-12-4-3-5-15(8-12)21-11-14(10-20)18(23)22-16-7-6-13(2)17(19)9-16/h3-9,11,21H,1-2H3,(H,22,23)/b14-11-. The van der Waals surface area contributed by atoms with Crippen LogP contribution in [0.25, 0.3) is 0 Å². The molecule has 23 heavy (non-hydrogen) atoms. The number of halogens is 1. The van der Waals surface area contributed by atoms with Gasteiger partial charge in [0.15, 0.2) is 0 Å². The fourth-order valence-electron chi connectivity index (χ4n) is 1.91. The first-order valence-corrected chi connectivity index (χ1v) is 7.38. The first kappa shape index (κ1) is 16.6. The van der Waals surface area contributed by atoms with Crippen LogP contribution in [0.1, 0.15) is 11.1 Å². The van der Waals surface area contributed by atoms with Crippen molar-refractivity contribution in [3.63, 3.8) is 0 Å². The van der Waals surface area contributed by atoms with Gasteiger partial charge in [-0.1, -0.05) is 29.8 Å². The van der Waals surface area contributed by atoms with Gasteiger partial charge in [-0.15, -0.1) is 0 Å². The molecule has 2 aromatic carbocycles. The second-order valence-corrected chi connectivity index (χ2v) is 5.51. The third kappa shape index (κ3) is 4.60. The van der Waals surface area contributed by atoms with Crippen molar-refractivity contribution in [3.8, 4) is 6.07 Å². The van der Waals surface area contributed by atoms with Gasteiger partial charge in [0.2, 0.25) is 0 Å². The largest absolute Gasteiger partial charge is 0.360 e. The molecule has 1 amide bonds. The molecular weight excluding hydrogens is 310 g/mol. The van der Waals surface area contributed by atoms with E-state index in [0.717, 1.165) is 16.8 Å². The molecule has 0 saturated carbocycles. The van der Waals surface area contributed by atoms with Gasteiger partial charge in [0.1, 0.15) is 11.6 Å². The van der Waals surface area contributed by atoms with Gasteiger partial charge in [0.05, 0.1) is 0 Å². The van der Waals surface area contributed by atoms with E-state index in [1.165, 1.54) is 6.20 Å². The molecule has 0 saturated heterocycles. The van der Waals surface area contributed by atoms with Gasteiger partial charge in [-0.3, -0.25) is 4.79 Å². The maximum atomic E-state index is 12.1. The Kier molecular flexibility index (Phi) is 5.40. The van der Waals surface area contributed by atoms with Gasteiger partial charge in [-0.25, -0.2) is 0 Å². The number of anilines is 2. The summed E-state index contributed by atoms with van der Waals surface area (Å²) in [7, 11) is 0. The number of hydrogen-bond donors (Lipinski definition) is 2. The summed E-state index contributed by atoms with van der Waals surface area (Å²) in [5.41, 5.74) is 3.33. The van der Waals surface area contributed by atoms with Crippen LogP contribution in [0.4, 0.5) is 11.4 Å². The predicted octanol–water partition coefficient (Wildman–Crippen LogP) is 4.41. The lowest BCUT2D eigenvalue weighted by molar-refractivity contribution is -0.112. The van der Waals surface area contributed by atoms with Crippen molar-refractivity contribution >= 4 is 28.9 Å². The molecule has 0 aliphatic rings. The highest BCUT2D eigenvalue weighted by Gasteiger charge is 2.10. The van der Waals surface area contributed by atoms with E-state index in [1.54, 1.807) is 18.2 Å². The Balaban J connectivity index is 2.10. The summed E-state index contributed by atoms with van der Waals surface area (Å²) in [4.78, 5) is 12.1. The Morgan fingerprint density at radius 3 is 2.61 bits per heavy atom. The molecule has 2 N–H and O–H groups in total. The van der Waals surface area contributed by atoms with Crippen LogP contribution >= 0.6 is 11.6 Å². The molecule has 0 heterocycles. The van der Waals surface area contributed by atoms with Crippen LogP contribution in [0.15, 0.2) is 54.2 Å². The number of nitriles is 1. The lowest BCUT2D eigenvalue weighted by atomic mass is 10.2. The van der Waals surface area contributed by atoms with Crippen LogP contribution in [-0.2, 0) is 4.79 Å². The molecule has 2 rings (SSSR count). The van der Waals surface area contributed by atoms with Crippen molar-refractivity contribution in [3.05, 3.63) is 70.4 Å². The number of nitrogens with one attached hydrogen (secondary N) is 2. The number of benzene rings is 2. The SMILES string of the molecule is Cc1cccc(N/C=C(/C#N)C(=O)Nc2ccc(C)c(Cl)c2)c1. The van der Waals surface area contributed by atoms with E-state index in [4.69, 9.17) is 16.9 Å². The molecule has 0 unspecified atom stereocenters. The molecule has 0 spiro atoms. The Hall–Kier alpha value is -2.77. The summed E-state index contributed by atoms with van der Waals surface area (Å²) >= 11 is 6.02. The number of rotatable bonds is 4. The molecule has 5 heteroatoms. The van der Waals surface area contributed by atoms with Crippen molar-refractivity contribution in [2.24, 2.45) is 0 Å². The highest BCUT2D eigenvalue weighted by molar-refractivity contribution is 6.31. The van der Waals surface area contributed by atoms with Crippen molar-refractivity contribution < 1.29 is 4.79 Å². The fourth-order valence-corrected chi connectivity index (χ4v) is 2.09. The molecule has 0 atom stereocenters. The first-order valence-electron chi connectivity index (χ1n) is 7.00. The molecule has 0 bridgehead atoms.